The second kappa shape index (κ2) is 15.0. The molecule has 0 unspecified atom stereocenters. The van der Waals surface area contributed by atoms with Crippen LogP contribution in [-0.4, -0.2) is 89.7 Å². The molecule has 212 valence electrons. The van der Waals surface area contributed by atoms with Crippen molar-refractivity contribution in [2.75, 3.05) is 40.4 Å². The standard InChI is InChI=1S/C19H25N3O2.2C2HF3O2/c1-23-18-7-3-6-17(19(18)24-2)15-22-11-9-21(10-12-22)14-16-5-4-8-20-13-16;2*3-2(4,5)1(6)7/h3-8,13H,9-12,14-15H2,1-2H3;2*(H,6,7). The number of methoxy groups -OCH3 is 2. The number of nitrogens with zero attached hydrogens (tertiary/aromatic N) is 3. The molecule has 0 atom stereocenters. The number of carboxylic acid groups (broad SMARTS) is 2. The van der Waals surface area contributed by atoms with E-state index in [-0.39, 0.29) is 0 Å². The lowest BCUT2D eigenvalue weighted by Gasteiger charge is -2.35. The minimum absolute atomic E-state index is 0.796. The Morgan fingerprint density at radius 2 is 1.34 bits per heavy atom. The summed E-state index contributed by atoms with van der Waals surface area (Å²) >= 11 is 0. The fourth-order valence-electron chi connectivity index (χ4n) is 3.17. The molecule has 1 fully saturated rings. The van der Waals surface area contributed by atoms with E-state index in [4.69, 9.17) is 29.3 Å². The molecule has 38 heavy (non-hydrogen) atoms. The first-order valence-electron chi connectivity index (χ1n) is 10.8. The third-order valence-corrected chi connectivity index (χ3v) is 4.96. The zero-order chi connectivity index (χ0) is 28.9. The molecule has 1 aromatic carbocycles. The van der Waals surface area contributed by atoms with Crippen LogP contribution in [0.5, 0.6) is 11.5 Å². The molecule has 9 nitrogen and oxygen atoms in total. The summed E-state index contributed by atoms with van der Waals surface area (Å²) < 4.78 is 74.4. The van der Waals surface area contributed by atoms with Crippen LogP contribution in [0.4, 0.5) is 26.3 Å². The molecular formula is C23H27F6N3O6. The summed E-state index contributed by atoms with van der Waals surface area (Å²) in [6, 6.07) is 10.2. The van der Waals surface area contributed by atoms with Crippen molar-refractivity contribution < 1.29 is 55.6 Å². The zero-order valence-electron chi connectivity index (χ0n) is 20.4. The van der Waals surface area contributed by atoms with Crippen LogP contribution in [0, 0.1) is 0 Å². The molecular weight excluding hydrogens is 528 g/mol. The molecule has 0 spiro atoms. The number of carboxylic acids is 2. The maximum atomic E-state index is 10.6. The fraction of sp³-hybridized carbons (Fsp3) is 0.435. The van der Waals surface area contributed by atoms with Crippen LogP contribution in [-0.2, 0) is 22.7 Å². The van der Waals surface area contributed by atoms with Gasteiger partial charge in [0.25, 0.3) is 0 Å². The number of rotatable bonds is 6. The average molecular weight is 555 g/mol. The Hall–Kier alpha value is -3.59. The molecule has 0 radical (unpaired) electrons. The van der Waals surface area contributed by atoms with Gasteiger partial charge in [0.15, 0.2) is 11.5 Å². The van der Waals surface area contributed by atoms with E-state index >= 15 is 0 Å². The first kappa shape index (κ1) is 32.4. The quantitative estimate of drug-likeness (QED) is 0.516. The Labute approximate surface area is 214 Å². The summed E-state index contributed by atoms with van der Waals surface area (Å²) in [5.41, 5.74) is 2.46. The molecule has 15 heteroatoms. The summed E-state index contributed by atoms with van der Waals surface area (Å²) in [5.74, 6) is -3.87. The van der Waals surface area contributed by atoms with Gasteiger partial charge in [-0.25, -0.2) is 9.59 Å². The Bertz CT molecular complexity index is 989. The van der Waals surface area contributed by atoms with Gasteiger partial charge in [-0.3, -0.25) is 14.8 Å². The van der Waals surface area contributed by atoms with E-state index in [0.717, 1.165) is 50.8 Å². The van der Waals surface area contributed by atoms with Crippen molar-refractivity contribution in [3.05, 3.63) is 53.9 Å². The van der Waals surface area contributed by atoms with Gasteiger partial charge in [0.2, 0.25) is 0 Å². The number of pyridine rings is 1. The summed E-state index contributed by atoms with van der Waals surface area (Å²) in [4.78, 5) is 26.9. The highest BCUT2D eigenvalue weighted by Crippen LogP contribution is 2.31. The monoisotopic (exact) mass is 555 g/mol. The Morgan fingerprint density at radius 1 is 0.842 bits per heavy atom. The zero-order valence-corrected chi connectivity index (χ0v) is 20.4. The minimum Gasteiger partial charge on any atom is -0.493 e. The molecule has 3 rings (SSSR count). The van der Waals surface area contributed by atoms with E-state index < -0.39 is 24.3 Å². The number of para-hydroxylation sites is 1. The number of hydrogen-bond acceptors (Lipinski definition) is 7. The topological polar surface area (TPSA) is 112 Å². The molecule has 1 saturated heterocycles. The molecule has 2 heterocycles. The van der Waals surface area contributed by atoms with E-state index in [1.807, 2.05) is 30.6 Å². The number of piperazine rings is 1. The molecule has 0 bridgehead atoms. The Balaban J connectivity index is 0.000000426. The molecule has 1 aromatic heterocycles. The normalized spacial score (nSPS) is 14.3. The highest BCUT2D eigenvalue weighted by molar-refractivity contribution is 5.73. The van der Waals surface area contributed by atoms with Crippen molar-refractivity contribution in [1.82, 2.24) is 14.8 Å². The SMILES string of the molecule is COc1cccc(CN2CCN(Cc3cccnc3)CC2)c1OC.O=C(O)C(F)(F)F.O=C(O)C(F)(F)F. The van der Waals surface area contributed by atoms with E-state index in [9.17, 15) is 26.3 Å². The molecule has 1 aliphatic rings. The van der Waals surface area contributed by atoms with Gasteiger partial charge in [0.1, 0.15) is 0 Å². The van der Waals surface area contributed by atoms with Crippen molar-refractivity contribution in [2.45, 2.75) is 25.4 Å². The minimum atomic E-state index is -5.08. The lowest BCUT2D eigenvalue weighted by Crippen LogP contribution is -2.45. The molecule has 2 aromatic rings. The Morgan fingerprint density at radius 3 is 1.74 bits per heavy atom. The smallest absolute Gasteiger partial charge is 0.490 e. The molecule has 1 aliphatic heterocycles. The molecule has 0 amide bonds. The third kappa shape index (κ3) is 11.6. The van der Waals surface area contributed by atoms with E-state index in [0.29, 0.717) is 0 Å². The van der Waals surface area contributed by atoms with E-state index in [1.54, 1.807) is 14.2 Å². The van der Waals surface area contributed by atoms with Crippen LogP contribution in [0.15, 0.2) is 42.7 Å². The van der Waals surface area contributed by atoms with Crippen LogP contribution in [0.2, 0.25) is 0 Å². The number of carbonyl (C=O) groups is 2. The highest BCUT2D eigenvalue weighted by atomic mass is 19.4. The summed E-state index contributed by atoms with van der Waals surface area (Å²) in [7, 11) is 3.38. The third-order valence-electron chi connectivity index (χ3n) is 4.96. The number of ether oxygens (including phenoxy) is 2. The average Bonchev–Trinajstić information content (AvgIpc) is 2.85. The van der Waals surface area contributed by atoms with E-state index in [1.165, 1.54) is 11.1 Å². The second-order valence-corrected chi connectivity index (χ2v) is 7.67. The molecule has 0 saturated carbocycles. The van der Waals surface area contributed by atoms with Crippen LogP contribution >= 0.6 is 0 Å². The van der Waals surface area contributed by atoms with Crippen LogP contribution < -0.4 is 9.47 Å². The maximum absolute atomic E-state index is 10.6. The van der Waals surface area contributed by atoms with Crippen molar-refractivity contribution in [2.24, 2.45) is 0 Å². The van der Waals surface area contributed by atoms with Crippen molar-refractivity contribution >= 4 is 11.9 Å². The number of hydrogen-bond donors (Lipinski definition) is 2. The highest BCUT2D eigenvalue weighted by Gasteiger charge is 2.38. The first-order valence-corrected chi connectivity index (χ1v) is 10.8. The van der Waals surface area contributed by atoms with Gasteiger partial charge in [0.05, 0.1) is 14.2 Å². The Kier molecular flexibility index (Phi) is 12.8. The largest absolute Gasteiger partial charge is 0.493 e. The van der Waals surface area contributed by atoms with Gasteiger partial charge in [-0.05, 0) is 17.7 Å². The predicted octanol–water partition coefficient (Wildman–Crippen LogP) is 3.68. The van der Waals surface area contributed by atoms with Crippen LogP contribution in [0.25, 0.3) is 0 Å². The van der Waals surface area contributed by atoms with Gasteiger partial charge >= 0.3 is 24.3 Å². The van der Waals surface area contributed by atoms with Gasteiger partial charge < -0.3 is 19.7 Å². The van der Waals surface area contributed by atoms with E-state index in [2.05, 4.69) is 26.9 Å². The van der Waals surface area contributed by atoms with Crippen LogP contribution in [0.1, 0.15) is 11.1 Å². The van der Waals surface area contributed by atoms with Crippen LogP contribution in [0.3, 0.4) is 0 Å². The van der Waals surface area contributed by atoms with Gasteiger partial charge in [-0.15, -0.1) is 0 Å². The summed E-state index contributed by atoms with van der Waals surface area (Å²) in [5, 5.41) is 14.2. The second-order valence-electron chi connectivity index (χ2n) is 7.67. The lowest BCUT2D eigenvalue weighted by atomic mass is 10.1. The predicted molar refractivity (Wildman–Crippen MR) is 122 cm³/mol. The summed E-state index contributed by atoms with van der Waals surface area (Å²) in [6.45, 7) is 6.12. The fourth-order valence-corrected chi connectivity index (χ4v) is 3.17. The van der Waals surface area contributed by atoms with Crippen molar-refractivity contribution in [3.63, 3.8) is 0 Å². The van der Waals surface area contributed by atoms with Gasteiger partial charge in [-0.2, -0.15) is 26.3 Å². The molecule has 0 aliphatic carbocycles. The summed E-state index contributed by atoms with van der Waals surface area (Å²) in [6.07, 6.45) is -6.39. The van der Waals surface area contributed by atoms with Gasteiger partial charge in [-0.1, -0.05) is 18.2 Å². The number of alkyl halides is 6. The van der Waals surface area contributed by atoms with Crippen molar-refractivity contribution in [3.8, 4) is 11.5 Å². The van der Waals surface area contributed by atoms with Gasteiger partial charge in [0, 0.05) is 57.2 Å². The number of halogens is 6. The number of aromatic nitrogens is 1. The lowest BCUT2D eigenvalue weighted by molar-refractivity contribution is -0.193. The number of benzene rings is 1. The number of aliphatic carboxylic acids is 2. The maximum Gasteiger partial charge on any atom is 0.490 e. The first-order chi connectivity index (χ1) is 17.7. The molecule has 2 N–H and O–H groups in total. The van der Waals surface area contributed by atoms with Crippen molar-refractivity contribution in [1.29, 1.82) is 0 Å².